The van der Waals surface area contributed by atoms with Crippen molar-refractivity contribution in [1.29, 1.82) is 0 Å². The van der Waals surface area contributed by atoms with Gasteiger partial charge in [0.1, 0.15) is 0 Å². The Balaban J connectivity index is 1.96. The number of carbonyl (C=O) groups excluding carboxylic acids is 1. The number of nitrogens with zero attached hydrogens (tertiary/aromatic N) is 1. The Kier molecular flexibility index (Phi) is 5.98. The lowest BCUT2D eigenvalue weighted by molar-refractivity contribution is -0.113. The summed E-state index contributed by atoms with van der Waals surface area (Å²) in [5, 5.41) is 3.34. The number of amides is 1. The van der Waals surface area contributed by atoms with Crippen LogP contribution in [0.3, 0.4) is 0 Å². The fourth-order valence-corrected chi connectivity index (χ4v) is 2.78. The number of aromatic amines is 1. The third-order valence-electron chi connectivity index (χ3n) is 3.41. The highest BCUT2D eigenvalue weighted by molar-refractivity contribution is 7.99. The van der Waals surface area contributed by atoms with E-state index in [1.165, 1.54) is 23.4 Å². The van der Waals surface area contributed by atoms with Crippen LogP contribution in [0.15, 0.2) is 34.2 Å². The van der Waals surface area contributed by atoms with Crippen molar-refractivity contribution in [2.75, 3.05) is 11.1 Å². The van der Waals surface area contributed by atoms with Crippen molar-refractivity contribution < 1.29 is 4.79 Å². The summed E-state index contributed by atoms with van der Waals surface area (Å²) in [6.07, 6.45) is 1.68. The molecule has 0 saturated heterocycles. The Morgan fingerprint density at radius 1 is 1.26 bits per heavy atom. The van der Waals surface area contributed by atoms with Crippen LogP contribution in [-0.2, 0) is 11.2 Å². The highest BCUT2D eigenvalue weighted by Crippen LogP contribution is 2.16. The molecule has 0 radical (unpaired) electrons. The van der Waals surface area contributed by atoms with Crippen molar-refractivity contribution in [3.05, 3.63) is 51.4 Å². The van der Waals surface area contributed by atoms with Gasteiger partial charge in [0.15, 0.2) is 5.16 Å². The second-order valence-electron chi connectivity index (χ2n) is 5.43. The quantitative estimate of drug-likeness (QED) is 0.630. The Labute approximate surface area is 139 Å². The molecule has 5 nitrogen and oxygen atoms in total. The Bertz CT molecular complexity index is 756. The van der Waals surface area contributed by atoms with Crippen molar-refractivity contribution in [1.82, 2.24) is 9.97 Å². The first kappa shape index (κ1) is 17.3. The molecule has 0 aliphatic carbocycles. The summed E-state index contributed by atoms with van der Waals surface area (Å²) in [6.45, 7) is 6.07. The summed E-state index contributed by atoms with van der Waals surface area (Å²) in [5.74, 6) is 0.0765. The van der Waals surface area contributed by atoms with E-state index in [4.69, 9.17) is 0 Å². The summed E-state index contributed by atoms with van der Waals surface area (Å²) in [5.41, 5.74) is 3.68. The molecule has 1 aromatic heterocycles. The van der Waals surface area contributed by atoms with Crippen LogP contribution in [0.2, 0.25) is 0 Å². The van der Waals surface area contributed by atoms with Crippen molar-refractivity contribution in [3.8, 4) is 0 Å². The average Bonchev–Trinajstić information content (AvgIpc) is 2.49. The number of hydrogen-bond donors (Lipinski definition) is 2. The number of nitrogens with one attached hydrogen (secondary N) is 2. The lowest BCUT2D eigenvalue weighted by atomic mass is 10.1. The van der Waals surface area contributed by atoms with Crippen molar-refractivity contribution >= 4 is 23.4 Å². The molecule has 6 heteroatoms. The minimum atomic E-state index is -0.180. The summed E-state index contributed by atoms with van der Waals surface area (Å²) >= 11 is 1.23. The van der Waals surface area contributed by atoms with Crippen molar-refractivity contribution in [2.24, 2.45) is 0 Å². The minimum Gasteiger partial charge on any atom is -0.325 e. The molecule has 1 aromatic carbocycles. The first-order valence-electron chi connectivity index (χ1n) is 7.58. The van der Waals surface area contributed by atoms with Crippen LogP contribution in [0.1, 0.15) is 30.2 Å². The predicted molar refractivity (Wildman–Crippen MR) is 94.1 cm³/mol. The van der Waals surface area contributed by atoms with Crippen LogP contribution in [0.25, 0.3) is 0 Å². The third-order valence-corrected chi connectivity index (χ3v) is 4.28. The van der Waals surface area contributed by atoms with Crippen LogP contribution in [0.5, 0.6) is 0 Å². The van der Waals surface area contributed by atoms with Gasteiger partial charge in [0, 0.05) is 17.4 Å². The summed E-state index contributed by atoms with van der Waals surface area (Å²) in [6, 6.07) is 7.31. The van der Waals surface area contributed by atoms with Crippen LogP contribution in [-0.4, -0.2) is 21.6 Å². The van der Waals surface area contributed by atoms with Gasteiger partial charge in [0.25, 0.3) is 5.56 Å². The molecule has 0 bridgehead atoms. The Hall–Kier alpha value is -2.08. The van der Waals surface area contributed by atoms with Gasteiger partial charge < -0.3 is 10.3 Å². The maximum atomic E-state index is 12.0. The number of aryl methyl sites for hydroxylation is 3. The van der Waals surface area contributed by atoms with Crippen molar-refractivity contribution in [2.45, 2.75) is 38.8 Å². The highest BCUT2D eigenvalue weighted by Gasteiger charge is 2.07. The Morgan fingerprint density at radius 3 is 2.74 bits per heavy atom. The van der Waals surface area contributed by atoms with Crippen LogP contribution in [0, 0.1) is 13.8 Å². The molecule has 122 valence electrons. The highest BCUT2D eigenvalue weighted by atomic mass is 32.2. The lowest BCUT2D eigenvalue weighted by Gasteiger charge is -2.07. The normalized spacial score (nSPS) is 10.6. The average molecular weight is 331 g/mol. The van der Waals surface area contributed by atoms with E-state index < -0.39 is 0 Å². The van der Waals surface area contributed by atoms with Gasteiger partial charge in [0.2, 0.25) is 5.91 Å². The molecule has 0 spiro atoms. The smallest absolute Gasteiger partial charge is 0.251 e. The molecule has 1 amide bonds. The zero-order chi connectivity index (χ0) is 16.8. The summed E-state index contributed by atoms with van der Waals surface area (Å²) in [7, 11) is 0. The van der Waals surface area contributed by atoms with E-state index in [-0.39, 0.29) is 17.2 Å². The number of carbonyl (C=O) groups is 1. The van der Waals surface area contributed by atoms with E-state index in [0.29, 0.717) is 5.16 Å². The SMILES string of the molecule is CCCc1cc(=O)[nH]c(SCC(=O)Nc2ccc(C)c(C)c2)n1. The molecular weight excluding hydrogens is 310 g/mol. The third kappa shape index (κ3) is 5.25. The van der Waals surface area contributed by atoms with Gasteiger partial charge in [0.05, 0.1) is 5.75 Å². The largest absolute Gasteiger partial charge is 0.325 e. The fraction of sp³-hybridized carbons (Fsp3) is 0.353. The van der Waals surface area contributed by atoms with E-state index in [0.717, 1.165) is 29.8 Å². The van der Waals surface area contributed by atoms with E-state index in [1.54, 1.807) is 0 Å². The van der Waals surface area contributed by atoms with Gasteiger partial charge in [-0.25, -0.2) is 4.98 Å². The number of thioether (sulfide) groups is 1. The van der Waals surface area contributed by atoms with Gasteiger partial charge >= 0.3 is 0 Å². The summed E-state index contributed by atoms with van der Waals surface area (Å²) < 4.78 is 0. The van der Waals surface area contributed by atoms with Crippen LogP contribution >= 0.6 is 11.8 Å². The molecule has 0 atom stereocenters. The molecule has 0 aliphatic rings. The topological polar surface area (TPSA) is 74.8 Å². The monoisotopic (exact) mass is 331 g/mol. The van der Waals surface area contributed by atoms with E-state index in [2.05, 4.69) is 15.3 Å². The van der Waals surface area contributed by atoms with Crippen LogP contribution in [0.4, 0.5) is 5.69 Å². The molecule has 2 rings (SSSR count). The maximum Gasteiger partial charge on any atom is 0.251 e. The van der Waals surface area contributed by atoms with Gasteiger partial charge in [-0.2, -0.15) is 0 Å². The Morgan fingerprint density at radius 2 is 2.04 bits per heavy atom. The number of rotatable bonds is 6. The van der Waals surface area contributed by atoms with Gasteiger partial charge in [-0.15, -0.1) is 0 Å². The number of H-pyrrole nitrogens is 1. The maximum absolute atomic E-state index is 12.0. The molecule has 0 unspecified atom stereocenters. The second kappa shape index (κ2) is 7.97. The number of benzene rings is 1. The minimum absolute atomic E-state index is 0.123. The zero-order valence-corrected chi connectivity index (χ0v) is 14.4. The molecule has 2 N–H and O–H groups in total. The zero-order valence-electron chi connectivity index (χ0n) is 13.6. The van der Waals surface area contributed by atoms with Crippen LogP contribution < -0.4 is 10.9 Å². The molecule has 1 heterocycles. The number of anilines is 1. The van der Waals surface area contributed by atoms with Gasteiger partial charge in [-0.1, -0.05) is 31.2 Å². The molecule has 23 heavy (non-hydrogen) atoms. The number of hydrogen-bond acceptors (Lipinski definition) is 4. The summed E-state index contributed by atoms with van der Waals surface area (Å²) in [4.78, 5) is 30.6. The molecular formula is C17H21N3O2S. The van der Waals surface area contributed by atoms with Gasteiger partial charge in [-0.3, -0.25) is 9.59 Å². The predicted octanol–water partition coefficient (Wildman–Crippen LogP) is 3.07. The van der Waals surface area contributed by atoms with Crippen molar-refractivity contribution in [3.63, 3.8) is 0 Å². The first-order valence-corrected chi connectivity index (χ1v) is 8.56. The molecule has 2 aromatic rings. The number of aromatic nitrogens is 2. The molecule has 0 fully saturated rings. The fourth-order valence-electron chi connectivity index (χ4n) is 2.09. The molecule has 0 aliphatic heterocycles. The van der Waals surface area contributed by atoms with E-state index >= 15 is 0 Å². The van der Waals surface area contributed by atoms with E-state index in [1.807, 2.05) is 39.0 Å². The second-order valence-corrected chi connectivity index (χ2v) is 6.39. The van der Waals surface area contributed by atoms with E-state index in [9.17, 15) is 9.59 Å². The molecule has 0 saturated carbocycles. The van der Waals surface area contributed by atoms with Gasteiger partial charge in [-0.05, 0) is 43.5 Å². The first-order chi connectivity index (χ1) is 11.0. The standard InChI is InChI=1S/C17H21N3O2S/c1-4-5-13-9-15(21)20-17(19-13)23-10-16(22)18-14-7-6-11(2)12(3)8-14/h6-9H,4-5,10H2,1-3H3,(H,18,22)(H,19,20,21). The lowest BCUT2D eigenvalue weighted by Crippen LogP contribution is -2.16.